The Kier molecular flexibility index (Phi) is 3.58. The Morgan fingerprint density at radius 2 is 1.45 bits per heavy atom. The summed E-state index contributed by atoms with van der Waals surface area (Å²) in [6.45, 7) is 0.576. The van der Waals surface area contributed by atoms with Crippen molar-refractivity contribution in [2.24, 2.45) is 0 Å². The van der Waals surface area contributed by atoms with Crippen molar-refractivity contribution in [2.75, 3.05) is 13.1 Å². The average Bonchev–Trinajstić information content (AvgIpc) is 2.70. The Bertz CT molecular complexity index is 502. The van der Waals surface area contributed by atoms with E-state index in [4.69, 9.17) is 0 Å². The van der Waals surface area contributed by atoms with Gasteiger partial charge in [-0.2, -0.15) is 4.31 Å². The highest BCUT2D eigenvalue weighted by molar-refractivity contribution is 7.89. The van der Waals surface area contributed by atoms with Gasteiger partial charge in [0, 0.05) is 25.9 Å². The average molecular weight is 300 g/mol. The zero-order chi connectivity index (χ0) is 14.3. The number of carbonyl (C=O) groups is 2. The lowest BCUT2D eigenvalue weighted by molar-refractivity contribution is -0.143. The second-order valence-electron chi connectivity index (χ2n) is 5.93. The van der Waals surface area contributed by atoms with E-state index in [1.807, 2.05) is 0 Å². The van der Waals surface area contributed by atoms with Crippen LogP contribution in [0.25, 0.3) is 0 Å². The molecule has 0 aromatic heterocycles. The number of carbonyl (C=O) groups excluding carboxylic acids is 2. The van der Waals surface area contributed by atoms with Crippen LogP contribution >= 0.6 is 0 Å². The molecule has 3 aliphatic rings. The molecule has 3 rings (SSSR count). The van der Waals surface area contributed by atoms with Crippen LogP contribution in [0, 0.1) is 0 Å². The van der Waals surface area contributed by atoms with Crippen molar-refractivity contribution in [1.29, 1.82) is 0 Å². The van der Waals surface area contributed by atoms with Gasteiger partial charge in [0.15, 0.2) is 0 Å². The van der Waals surface area contributed by atoms with Crippen molar-refractivity contribution < 1.29 is 18.0 Å². The monoisotopic (exact) mass is 300 g/mol. The first-order chi connectivity index (χ1) is 9.50. The van der Waals surface area contributed by atoms with Gasteiger partial charge in [-0.15, -0.1) is 0 Å². The molecule has 20 heavy (non-hydrogen) atoms. The van der Waals surface area contributed by atoms with Crippen LogP contribution < -0.4 is 0 Å². The minimum atomic E-state index is -3.24. The van der Waals surface area contributed by atoms with E-state index in [2.05, 4.69) is 0 Å². The number of rotatable bonds is 3. The summed E-state index contributed by atoms with van der Waals surface area (Å²) in [5.41, 5.74) is 0. The number of nitrogens with zero attached hydrogens (tertiary/aromatic N) is 2. The Morgan fingerprint density at radius 1 is 0.900 bits per heavy atom. The maximum atomic E-state index is 12.4. The smallest absolute Gasteiger partial charge is 0.230 e. The summed E-state index contributed by atoms with van der Waals surface area (Å²) >= 11 is 0. The fourth-order valence-corrected chi connectivity index (χ4v) is 5.47. The van der Waals surface area contributed by atoms with Crippen molar-refractivity contribution in [2.45, 2.75) is 56.2 Å². The molecule has 0 bridgehead atoms. The van der Waals surface area contributed by atoms with Crippen LogP contribution in [0.4, 0.5) is 0 Å². The van der Waals surface area contributed by atoms with Crippen molar-refractivity contribution in [3.8, 4) is 0 Å². The Balaban J connectivity index is 1.62. The molecule has 2 amide bonds. The molecular formula is C13H20N2O4S. The zero-order valence-corrected chi connectivity index (χ0v) is 12.3. The van der Waals surface area contributed by atoms with Crippen molar-refractivity contribution in [3.05, 3.63) is 0 Å². The van der Waals surface area contributed by atoms with Crippen molar-refractivity contribution >= 4 is 21.8 Å². The Hall–Kier alpha value is -0.950. The van der Waals surface area contributed by atoms with Crippen LogP contribution in [0.3, 0.4) is 0 Å². The largest absolute Gasteiger partial charge is 0.277 e. The van der Waals surface area contributed by atoms with E-state index in [9.17, 15) is 18.0 Å². The van der Waals surface area contributed by atoms with E-state index in [-0.39, 0.29) is 49.0 Å². The molecule has 0 atom stereocenters. The van der Waals surface area contributed by atoms with E-state index in [0.29, 0.717) is 0 Å². The first-order valence-corrected chi connectivity index (χ1v) is 8.84. The van der Waals surface area contributed by atoms with Crippen LogP contribution in [0.15, 0.2) is 0 Å². The molecule has 0 aromatic carbocycles. The maximum absolute atomic E-state index is 12.4. The second kappa shape index (κ2) is 5.11. The van der Waals surface area contributed by atoms with Crippen LogP contribution in [-0.4, -0.2) is 53.8 Å². The molecule has 6 nitrogen and oxygen atoms in total. The molecule has 1 aliphatic carbocycles. The molecule has 0 unspecified atom stereocenters. The molecule has 0 N–H and O–H groups in total. The molecule has 2 heterocycles. The molecule has 0 spiro atoms. The summed E-state index contributed by atoms with van der Waals surface area (Å²) in [4.78, 5) is 24.5. The molecule has 3 fully saturated rings. The summed E-state index contributed by atoms with van der Waals surface area (Å²) in [7, 11) is -3.24. The lowest BCUT2D eigenvalue weighted by atomic mass is 10.0. The standard InChI is InChI=1S/C13H20N2O4S/c16-12-6-7-13(17)15(12)10-8-14(9-10)20(18,19)11-4-2-1-3-5-11/h10-11H,1-9H2. The highest BCUT2D eigenvalue weighted by Crippen LogP contribution is 2.31. The van der Waals surface area contributed by atoms with Gasteiger partial charge in [-0.25, -0.2) is 8.42 Å². The third-order valence-corrected chi connectivity index (χ3v) is 6.95. The van der Waals surface area contributed by atoms with Gasteiger partial charge in [-0.05, 0) is 12.8 Å². The Morgan fingerprint density at radius 3 is 2.00 bits per heavy atom. The first-order valence-electron chi connectivity index (χ1n) is 7.34. The summed E-state index contributed by atoms with van der Waals surface area (Å²) in [6.07, 6.45) is 5.09. The van der Waals surface area contributed by atoms with E-state index >= 15 is 0 Å². The highest BCUT2D eigenvalue weighted by atomic mass is 32.2. The molecule has 2 saturated heterocycles. The summed E-state index contributed by atoms with van der Waals surface area (Å²) < 4.78 is 26.3. The van der Waals surface area contributed by atoms with Gasteiger partial charge >= 0.3 is 0 Å². The topological polar surface area (TPSA) is 74.8 Å². The predicted molar refractivity (Wildman–Crippen MR) is 72.2 cm³/mol. The molecule has 1 saturated carbocycles. The lowest BCUT2D eigenvalue weighted by Gasteiger charge is -2.43. The van der Waals surface area contributed by atoms with Crippen molar-refractivity contribution in [1.82, 2.24) is 9.21 Å². The maximum Gasteiger partial charge on any atom is 0.230 e. The van der Waals surface area contributed by atoms with Crippen LogP contribution in [-0.2, 0) is 19.6 Å². The number of likely N-dealkylation sites (tertiary alicyclic amines) is 1. The van der Waals surface area contributed by atoms with Crippen LogP contribution in [0.2, 0.25) is 0 Å². The minimum Gasteiger partial charge on any atom is -0.277 e. The van der Waals surface area contributed by atoms with Crippen LogP contribution in [0.1, 0.15) is 44.9 Å². The number of amides is 2. The van der Waals surface area contributed by atoms with E-state index < -0.39 is 10.0 Å². The quantitative estimate of drug-likeness (QED) is 0.711. The predicted octanol–water partition coefficient (Wildman–Crippen LogP) is 0.482. The minimum absolute atomic E-state index is 0.158. The number of sulfonamides is 1. The SMILES string of the molecule is O=C1CCC(=O)N1C1CN(S(=O)(=O)C2CCCCC2)C1. The molecule has 7 heteroatoms. The van der Waals surface area contributed by atoms with Gasteiger partial charge in [0.1, 0.15) is 0 Å². The molecule has 0 radical (unpaired) electrons. The molecule has 0 aromatic rings. The lowest BCUT2D eigenvalue weighted by Crippen LogP contribution is -2.63. The van der Waals surface area contributed by atoms with Gasteiger partial charge in [0.05, 0.1) is 11.3 Å². The number of hydrogen-bond acceptors (Lipinski definition) is 4. The normalized spacial score (nSPS) is 27.1. The number of imide groups is 1. The molecule has 2 aliphatic heterocycles. The van der Waals surface area contributed by atoms with Gasteiger partial charge in [0.25, 0.3) is 0 Å². The number of hydrogen-bond donors (Lipinski definition) is 0. The summed E-state index contributed by atoms with van der Waals surface area (Å²) in [5, 5.41) is -0.262. The molecule has 112 valence electrons. The zero-order valence-electron chi connectivity index (χ0n) is 11.5. The summed E-state index contributed by atoms with van der Waals surface area (Å²) in [5.74, 6) is -0.315. The molecular weight excluding hydrogens is 280 g/mol. The van der Waals surface area contributed by atoms with Crippen LogP contribution in [0.5, 0.6) is 0 Å². The van der Waals surface area contributed by atoms with Gasteiger partial charge in [0.2, 0.25) is 21.8 Å². The van der Waals surface area contributed by atoms with E-state index in [1.54, 1.807) is 0 Å². The third-order valence-electron chi connectivity index (χ3n) is 4.62. The van der Waals surface area contributed by atoms with E-state index in [0.717, 1.165) is 32.1 Å². The summed E-state index contributed by atoms with van der Waals surface area (Å²) in [6, 6.07) is -0.240. The highest BCUT2D eigenvalue weighted by Gasteiger charge is 2.46. The van der Waals surface area contributed by atoms with E-state index in [1.165, 1.54) is 9.21 Å². The van der Waals surface area contributed by atoms with Gasteiger partial charge < -0.3 is 0 Å². The first kappa shape index (κ1) is 14.0. The fraction of sp³-hybridized carbons (Fsp3) is 0.846. The Labute approximate surface area is 119 Å². The fourth-order valence-electron chi connectivity index (χ4n) is 3.36. The van der Waals surface area contributed by atoms with Gasteiger partial charge in [-0.3, -0.25) is 14.5 Å². The second-order valence-corrected chi connectivity index (χ2v) is 8.15. The third kappa shape index (κ3) is 2.26. The van der Waals surface area contributed by atoms with Gasteiger partial charge in [-0.1, -0.05) is 19.3 Å². The van der Waals surface area contributed by atoms with Crippen molar-refractivity contribution in [3.63, 3.8) is 0 Å².